The van der Waals surface area contributed by atoms with Crippen molar-refractivity contribution in [3.63, 3.8) is 0 Å². The summed E-state index contributed by atoms with van der Waals surface area (Å²) in [4.78, 5) is 14.1. The fraction of sp³-hybridized carbons (Fsp3) is 0.533. The number of anilines is 2. The van der Waals surface area contributed by atoms with Crippen molar-refractivity contribution < 1.29 is 4.79 Å². The molecule has 0 fully saturated rings. The molecule has 1 atom stereocenters. The maximum Gasteiger partial charge on any atom is 0.239 e. The minimum absolute atomic E-state index is 0.0876. The molecule has 0 saturated carbocycles. The molecule has 1 aliphatic heterocycles. The Kier molecular flexibility index (Phi) is 4.30. The monoisotopic (exact) mass is 261 g/mol. The van der Waals surface area contributed by atoms with Gasteiger partial charge in [-0.3, -0.25) is 4.79 Å². The highest BCUT2D eigenvalue weighted by molar-refractivity contribution is 5.82. The third kappa shape index (κ3) is 3.19. The number of nitrogens with two attached hydrogens (primary N) is 1. The Bertz CT molecular complexity index is 459. The minimum Gasteiger partial charge on any atom is -0.398 e. The summed E-state index contributed by atoms with van der Waals surface area (Å²) in [6.45, 7) is 5.44. The van der Waals surface area contributed by atoms with Crippen molar-refractivity contribution in [3.05, 3.63) is 23.8 Å². The Balaban J connectivity index is 2.07. The molecular weight excluding hydrogens is 238 g/mol. The molecule has 0 radical (unpaired) electrons. The lowest BCUT2D eigenvalue weighted by Gasteiger charge is -2.31. The average Bonchev–Trinajstić information content (AvgIpc) is 2.39. The molecule has 0 aromatic heterocycles. The first kappa shape index (κ1) is 13.7. The largest absolute Gasteiger partial charge is 0.398 e. The quantitative estimate of drug-likeness (QED) is 0.814. The maximum atomic E-state index is 12.0. The number of rotatable bonds is 4. The topological polar surface area (TPSA) is 58.4 Å². The molecule has 0 spiro atoms. The smallest absolute Gasteiger partial charge is 0.239 e. The molecule has 1 aromatic rings. The van der Waals surface area contributed by atoms with Gasteiger partial charge in [-0.1, -0.05) is 13.0 Å². The normalized spacial score (nSPS) is 15.8. The van der Waals surface area contributed by atoms with E-state index in [4.69, 9.17) is 5.73 Å². The van der Waals surface area contributed by atoms with Crippen LogP contribution >= 0.6 is 0 Å². The number of benzene rings is 1. The summed E-state index contributed by atoms with van der Waals surface area (Å²) in [7, 11) is 0. The predicted molar refractivity (Wildman–Crippen MR) is 79.3 cm³/mol. The van der Waals surface area contributed by atoms with E-state index in [0.29, 0.717) is 6.54 Å². The molecule has 1 aromatic carbocycles. The number of fused-ring (bicyclic) bond motifs is 1. The number of carbonyl (C=O) groups is 1. The van der Waals surface area contributed by atoms with Gasteiger partial charge in [0.25, 0.3) is 0 Å². The molecule has 3 N–H and O–H groups in total. The highest BCUT2D eigenvalue weighted by atomic mass is 16.2. The van der Waals surface area contributed by atoms with Crippen LogP contribution in [-0.4, -0.2) is 25.0 Å². The molecule has 0 bridgehead atoms. The van der Waals surface area contributed by atoms with Crippen LogP contribution in [0.15, 0.2) is 18.2 Å². The van der Waals surface area contributed by atoms with Gasteiger partial charge >= 0.3 is 0 Å². The van der Waals surface area contributed by atoms with Crippen molar-refractivity contribution in [2.24, 2.45) is 0 Å². The number of hydrogen-bond donors (Lipinski definition) is 2. The summed E-state index contributed by atoms with van der Waals surface area (Å²) < 4.78 is 0. The van der Waals surface area contributed by atoms with E-state index in [1.54, 1.807) is 0 Å². The zero-order chi connectivity index (χ0) is 13.8. The summed E-state index contributed by atoms with van der Waals surface area (Å²) in [5.41, 5.74) is 9.15. The van der Waals surface area contributed by atoms with Gasteiger partial charge in [-0.25, -0.2) is 0 Å². The Morgan fingerprint density at radius 3 is 3.05 bits per heavy atom. The van der Waals surface area contributed by atoms with E-state index in [1.165, 1.54) is 5.56 Å². The lowest BCUT2D eigenvalue weighted by atomic mass is 10.00. The third-order valence-corrected chi connectivity index (χ3v) is 3.74. The Labute approximate surface area is 115 Å². The number of carbonyl (C=O) groups excluding carboxylic acids is 1. The van der Waals surface area contributed by atoms with Crippen LogP contribution in [0.4, 0.5) is 11.4 Å². The standard InChI is InChI=1S/C15H23N3O/c1-3-11(2)17-15(19)10-18-9-5-6-12-13(16)7-4-8-14(12)18/h4,7-8,11H,3,5-6,9-10,16H2,1-2H3,(H,17,19). The van der Waals surface area contributed by atoms with Crippen molar-refractivity contribution in [1.82, 2.24) is 5.32 Å². The molecule has 4 nitrogen and oxygen atoms in total. The lowest BCUT2D eigenvalue weighted by Crippen LogP contribution is -2.42. The Hall–Kier alpha value is -1.71. The van der Waals surface area contributed by atoms with Crippen molar-refractivity contribution >= 4 is 17.3 Å². The van der Waals surface area contributed by atoms with Gasteiger partial charge in [0.1, 0.15) is 0 Å². The second kappa shape index (κ2) is 5.95. The minimum atomic E-state index is 0.0876. The van der Waals surface area contributed by atoms with Crippen molar-refractivity contribution in [3.8, 4) is 0 Å². The van der Waals surface area contributed by atoms with Crippen molar-refractivity contribution in [1.29, 1.82) is 0 Å². The van der Waals surface area contributed by atoms with Crippen molar-refractivity contribution in [2.45, 2.75) is 39.2 Å². The number of hydrogen-bond acceptors (Lipinski definition) is 3. The number of nitrogens with zero attached hydrogens (tertiary/aromatic N) is 1. The summed E-state index contributed by atoms with van der Waals surface area (Å²) >= 11 is 0. The average molecular weight is 261 g/mol. The first-order valence-electron chi connectivity index (χ1n) is 7.03. The summed E-state index contributed by atoms with van der Waals surface area (Å²) in [6.07, 6.45) is 3.01. The van der Waals surface area contributed by atoms with Gasteiger partial charge in [-0.15, -0.1) is 0 Å². The zero-order valence-electron chi connectivity index (χ0n) is 11.8. The van der Waals surface area contributed by atoms with Crippen LogP contribution in [0.5, 0.6) is 0 Å². The third-order valence-electron chi connectivity index (χ3n) is 3.74. The summed E-state index contributed by atoms with van der Waals surface area (Å²) in [5.74, 6) is 0.0876. The van der Waals surface area contributed by atoms with E-state index in [9.17, 15) is 4.79 Å². The summed E-state index contributed by atoms with van der Waals surface area (Å²) in [6, 6.07) is 6.18. The molecule has 2 rings (SSSR count). The Morgan fingerprint density at radius 1 is 1.53 bits per heavy atom. The van der Waals surface area contributed by atoms with Crippen LogP contribution in [0.25, 0.3) is 0 Å². The molecule has 1 heterocycles. The molecule has 4 heteroatoms. The highest BCUT2D eigenvalue weighted by Gasteiger charge is 2.20. The first-order valence-corrected chi connectivity index (χ1v) is 7.03. The molecule has 0 saturated heterocycles. The van der Waals surface area contributed by atoms with E-state index in [2.05, 4.69) is 23.2 Å². The van der Waals surface area contributed by atoms with Crippen LogP contribution in [0.1, 0.15) is 32.3 Å². The van der Waals surface area contributed by atoms with E-state index in [0.717, 1.165) is 37.2 Å². The fourth-order valence-corrected chi connectivity index (χ4v) is 2.49. The van der Waals surface area contributed by atoms with E-state index < -0.39 is 0 Å². The van der Waals surface area contributed by atoms with Crippen LogP contribution in [0, 0.1) is 0 Å². The van der Waals surface area contributed by atoms with Gasteiger partial charge in [-0.05, 0) is 43.9 Å². The number of nitrogens with one attached hydrogen (secondary N) is 1. The molecule has 1 unspecified atom stereocenters. The fourth-order valence-electron chi connectivity index (χ4n) is 2.49. The van der Waals surface area contributed by atoms with Crippen LogP contribution < -0.4 is 16.0 Å². The Morgan fingerprint density at radius 2 is 2.32 bits per heavy atom. The predicted octanol–water partition coefficient (Wildman–Crippen LogP) is 1.94. The first-order chi connectivity index (χ1) is 9.11. The van der Waals surface area contributed by atoms with E-state index >= 15 is 0 Å². The maximum absolute atomic E-state index is 12.0. The SMILES string of the molecule is CCC(C)NC(=O)CN1CCCc2c(N)cccc21. The highest BCUT2D eigenvalue weighted by Crippen LogP contribution is 2.30. The molecule has 1 aliphatic rings. The number of nitrogen functional groups attached to an aromatic ring is 1. The van der Waals surface area contributed by atoms with E-state index in [1.807, 2.05) is 19.1 Å². The van der Waals surface area contributed by atoms with Gasteiger partial charge < -0.3 is 16.0 Å². The number of amides is 1. The second-order valence-electron chi connectivity index (χ2n) is 5.25. The lowest BCUT2D eigenvalue weighted by molar-refractivity contribution is -0.120. The molecule has 19 heavy (non-hydrogen) atoms. The van der Waals surface area contributed by atoms with Gasteiger partial charge in [-0.2, -0.15) is 0 Å². The van der Waals surface area contributed by atoms with Gasteiger partial charge in [0.15, 0.2) is 0 Å². The van der Waals surface area contributed by atoms with E-state index in [-0.39, 0.29) is 11.9 Å². The van der Waals surface area contributed by atoms with Gasteiger partial charge in [0.2, 0.25) is 5.91 Å². The summed E-state index contributed by atoms with van der Waals surface area (Å²) in [5, 5.41) is 3.01. The molecule has 104 valence electrons. The van der Waals surface area contributed by atoms with Gasteiger partial charge in [0, 0.05) is 24.0 Å². The van der Waals surface area contributed by atoms with Gasteiger partial charge in [0.05, 0.1) is 6.54 Å². The van der Waals surface area contributed by atoms with Crippen LogP contribution in [0.3, 0.4) is 0 Å². The zero-order valence-corrected chi connectivity index (χ0v) is 11.8. The molecular formula is C15H23N3O. The molecule has 1 amide bonds. The molecule has 0 aliphatic carbocycles. The van der Waals surface area contributed by atoms with Crippen LogP contribution in [-0.2, 0) is 11.2 Å². The second-order valence-corrected chi connectivity index (χ2v) is 5.25. The van der Waals surface area contributed by atoms with Crippen molar-refractivity contribution in [2.75, 3.05) is 23.7 Å². The van der Waals surface area contributed by atoms with Crippen LogP contribution in [0.2, 0.25) is 0 Å².